The molecule has 7 nitrogen and oxygen atoms in total. The highest BCUT2D eigenvalue weighted by Crippen LogP contribution is 1.94. The highest BCUT2D eigenvalue weighted by atomic mass is 16.4. The van der Waals surface area contributed by atoms with E-state index in [-0.39, 0.29) is 19.5 Å². The Hall–Kier alpha value is -1.63. The van der Waals surface area contributed by atoms with Crippen LogP contribution in [-0.4, -0.2) is 46.3 Å². The molecule has 0 aliphatic heterocycles. The summed E-state index contributed by atoms with van der Waals surface area (Å²) in [4.78, 5) is 30.7. The molecule has 0 aromatic carbocycles. The molecule has 0 radical (unpaired) electrons. The zero-order chi connectivity index (χ0) is 11.1. The van der Waals surface area contributed by atoms with Gasteiger partial charge < -0.3 is 20.6 Å². The van der Waals surface area contributed by atoms with Gasteiger partial charge in [0.05, 0.1) is 6.42 Å². The Labute approximate surface area is 79.3 Å². The molecule has 0 saturated carbocycles. The summed E-state index contributed by atoms with van der Waals surface area (Å²) in [6, 6.07) is 0. The normalized spacial score (nSPS) is 10.1. The van der Waals surface area contributed by atoms with Gasteiger partial charge in [0, 0.05) is 13.1 Å². The van der Waals surface area contributed by atoms with Crippen molar-refractivity contribution in [2.45, 2.75) is 6.42 Å². The summed E-state index contributed by atoms with van der Waals surface area (Å²) in [6.07, 6.45) is -0.175. The van der Waals surface area contributed by atoms with Crippen LogP contribution in [0, 0.1) is 5.92 Å². The van der Waals surface area contributed by atoms with E-state index in [0.29, 0.717) is 0 Å². The fourth-order valence-electron chi connectivity index (χ4n) is 0.722. The molecule has 0 fully saturated rings. The zero-order valence-electron chi connectivity index (χ0n) is 7.27. The Morgan fingerprint density at radius 3 is 1.93 bits per heavy atom. The summed E-state index contributed by atoms with van der Waals surface area (Å²) in [5.74, 6) is -5.45. The van der Waals surface area contributed by atoms with Gasteiger partial charge in [-0.15, -0.1) is 0 Å². The van der Waals surface area contributed by atoms with Crippen LogP contribution in [0.2, 0.25) is 0 Å². The number of hydrogen-bond donors (Lipinski definition) is 4. The third kappa shape index (κ3) is 5.09. The van der Waals surface area contributed by atoms with Crippen molar-refractivity contribution in [1.82, 2.24) is 5.32 Å². The Bertz CT molecular complexity index is 224. The molecule has 0 spiro atoms. The zero-order valence-corrected chi connectivity index (χ0v) is 7.27. The Kier molecular flexibility index (Phi) is 5.23. The molecule has 7 heteroatoms. The molecule has 0 bridgehead atoms. The van der Waals surface area contributed by atoms with Crippen LogP contribution in [0.25, 0.3) is 0 Å². The van der Waals surface area contributed by atoms with E-state index in [1.54, 1.807) is 0 Å². The van der Waals surface area contributed by atoms with Gasteiger partial charge in [-0.1, -0.05) is 0 Å². The lowest BCUT2D eigenvalue weighted by molar-refractivity contribution is -0.154. The van der Waals surface area contributed by atoms with Crippen LogP contribution in [0.15, 0.2) is 0 Å². The Morgan fingerprint density at radius 2 is 1.57 bits per heavy atom. The first-order valence-corrected chi connectivity index (χ1v) is 3.83. The standard InChI is InChI=1S/C7H11NO6/c9-5(10)1-2-8-3-4(6(11)12)7(13)14/h4,8H,1-3H2,(H,9,10)(H,11,12)(H,13,14). The second kappa shape index (κ2) is 5.92. The third-order valence-corrected chi connectivity index (χ3v) is 1.46. The van der Waals surface area contributed by atoms with Crippen LogP contribution >= 0.6 is 0 Å². The van der Waals surface area contributed by atoms with Gasteiger partial charge in [0.2, 0.25) is 0 Å². The first-order chi connectivity index (χ1) is 6.45. The molecule has 0 heterocycles. The van der Waals surface area contributed by atoms with Gasteiger partial charge in [-0.3, -0.25) is 14.4 Å². The molecular formula is C7H11NO6. The molecule has 0 aromatic rings. The number of carboxylic acid groups (broad SMARTS) is 3. The number of aliphatic carboxylic acids is 3. The van der Waals surface area contributed by atoms with E-state index in [2.05, 4.69) is 5.32 Å². The van der Waals surface area contributed by atoms with Crippen LogP contribution in [0.3, 0.4) is 0 Å². The van der Waals surface area contributed by atoms with E-state index < -0.39 is 23.8 Å². The van der Waals surface area contributed by atoms with Crippen molar-refractivity contribution in [1.29, 1.82) is 0 Å². The number of rotatable bonds is 7. The minimum atomic E-state index is -1.54. The fourth-order valence-corrected chi connectivity index (χ4v) is 0.722. The first kappa shape index (κ1) is 12.4. The summed E-state index contributed by atoms with van der Waals surface area (Å²) >= 11 is 0. The van der Waals surface area contributed by atoms with Gasteiger partial charge in [0.15, 0.2) is 5.92 Å². The van der Waals surface area contributed by atoms with Crippen LogP contribution < -0.4 is 5.32 Å². The maximum Gasteiger partial charge on any atom is 0.319 e. The molecular weight excluding hydrogens is 194 g/mol. The number of carbonyl (C=O) groups is 3. The lowest BCUT2D eigenvalue weighted by Gasteiger charge is -2.07. The quantitative estimate of drug-likeness (QED) is 0.305. The minimum Gasteiger partial charge on any atom is -0.481 e. The molecule has 0 aliphatic rings. The number of hydrogen-bond acceptors (Lipinski definition) is 4. The van der Waals surface area contributed by atoms with Crippen LogP contribution in [0.5, 0.6) is 0 Å². The largest absolute Gasteiger partial charge is 0.481 e. The van der Waals surface area contributed by atoms with Gasteiger partial charge in [0.25, 0.3) is 0 Å². The molecule has 0 unspecified atom stereocenters. The summed E-state index contributed by atoms with van der Waals surface area (Å²) in [6.45, 7) is -0.232. The second-order valence-electron chi connectivity index (χ2n) is 2.58. The minimum absolute atomic E-state index is 0.0480. The Balaban J connectivity index is 3.78. The third-order valence-electron chi connectivity index (χ3n) is 1.46. The topological polar surface area (TPSA) is 124 Å². The number of carboxylic acids is 3. The lowest BCUT2D eigenvalue weighted by Crippen LogP contribution is -2.35. The van der Waals surface area contributed by atoms with Crippen molar-refractivity contribution in [2.24, 2.45) is 5.92 Å². The molecule has 4 N–H and O–H groups in total. The van der Waals surface area contributed by atoms with Gasteiger partial charge in [-0.25, -0.2) is 0 Å². The maximum atomic E-state index is 10.3. The highest BCUT2D eigenvalue weighted by Gasteiger charge is 2.24. The summed E-state index contributed by atoms with van der Waals surface area (Å²) in [5.41, 5.74) is 0. The monoisotopic (exact) mass is 205 g/mol. The smallest absolute Gasteiger partial charge is 0.319 e. The molecule has 0 aromatic heterocycles. The van der Waals surface area contributed by atoms with Gasteiger partial charge in [-0.05, 0) is 0 Å². The molecule has 0 amide bonds. The van der Waals surface area contributed by atoms with E-state index in [0.717, 1.165) is 0 Å². The predicted molar refractivity (Wildman–Crippen MR) is 43.9 cm³/mol. The van der Waals surface area contributed by atoms with Crippen molar-refractivity contribution in [3.63, 3.8) is 0 Å². The van der Waals surface area contributed by atoms with Crippen LogP contribution in [0.1, 0.15) is 6.42 Å². The first-order valence-electron chi connectivity index (χ1n) is 3.83. The Morgan fingerprint density at radius 1 is 1.07 bits per heavy atom. The predicted octanol–water partition coefficient (Wildman–Crippen LogP) is -1.16. The summed E-state index contributed by atoms with van der Waals surface area (Å²) in [7, 11) is 0. The van der Waals surface area contributed by atoms with E-state index in [1.807, 2.05) is 0 Å². The SMILES string of the molecule is O=C(O)CCNCC(C(=O)O)C(=O)O. The van der Waals surface area contributed by atoms with Crippen molar-refractivity contribution in [3.8, 4) is 0 Å². The van der Waals surface area contributed by atoms with Gasteiger partial charge in [-0.2, -0.15) is 0 Å². The fraction of sp³-hybridized carbons (Fsp3) is 0.571. The van der Waals surface area contributed by atoms with E-state index in [1.165, 1.54) is 0 Å². The van der Waals surface area contributed by atoms with Crippen molar-refractivity contribution in [2.75, 3.05) is 13.1 Å². The van der Waals surface area contributed by atoms with Crippen molar-refractivity contribution in [3.05, 3.63) is 0 Å². The molecule has 0 rings (SSSR count). The van der Waals surface area contributed by atoms with Crippen molar-refractivity contribution >= 4 is 17.9 Å². The molecule has 0 saturated heterocycles. The maximum absolute atomic E-state index is 10.3. The highest BCUT2D eigenvalue weighted by molar-refractivity contribution is 5.93. The van der Waals surface area contributed by atoms with Crippen molar-refractivity contribution < 1.29 is 29.7 Å². The molecule has 0 aliphatic carbocycles. The summed E-state index contributed by atoms with van der Waals surface area (Å²) in [5, 5.41) is 27.5. The molecule has 0 atom stereocenters. The molecule has 80 valence electrons. The van der Waals surface area contributed by atoms with E-state index in [9.17, 15) is 14.4 Å². The summed E-state index contributed by atoms with van der Waals surface area (Å²) < 4.78 is 0. The lowest BCUT2D eigenvalue weighted by atomic mass is 10.1. The van der Waals surface area contributed by atoms with E-state index >= 15 is 0 Å². The van der Waals surface area contributed by atoms with Crippen LogP contribution in [0.4, 0.5) is 0 Å². The molecule has 14 heavy (non-hydrogen) atoms. The average Bonchev–Trinajstić information content (AvgIpc) is 2.01. The average molecular weight is 205 g/mol. The van der Waals surface area contributed by atoms with Crippen LogP contribution in [-0.2, 0) is 14.4 Å². The van der Waals surface area contributed by atoms with E-state index in [4.69, 9.17) is 15.3 Å². The van der Waals surface area contributed by atoms with Gasteiger partial charge >= 0.3 is 17.9 Å². The van der Waals surface area contributed by atoms with Gasteiger partial charge in [0.1, 0.15) is 0 Å². The number of nitrogens with one attached hydrogen (secondary N) is 1. The second-order valence-corrected chi connectivity index (χ2v) is 2.58.